The first-order chi connectivity index (χ1) is 6.65. The van der Waals surface area contributed by atoms with Gasteiger partial charge in [0.1, 0.15) is 12.7 Å². The van der Waals surface area contributed by atoms with Crippen LogP contribution in [-0.2, 0) is 9.53 Å². The predicted octanol–water partition coefficient (Wildman–Crippen LogP) is 0.944. The molecule has 14 heavy (non-hydrogen) atoms. The Morgan fingerprint density at radius 3 is 2.57 bits per heavy atom. The Morgan fingerprint density at radius 2 is 2.07 bits per heavy atom. The number of benzene rings is 1. The highest BCUT2D eigenvalue weighted by Crippen LogP contribution is 2.23. The third-order valence-corrected chi connectivity index (χ3v) is 2.77. The SMILES string of the molecule is Bc1ccc(C(Br)C(=O)OCC)cc1. The van der Waals surface area contributed by atoms with Crippen LogP contribution in [0.1, 0.15) is 17.3 Å². The van der Waals surface area contributed by atoms with E-state index in [4.69, 9.17) is 4.74 Å². The Bertz CT molecular complexity index is 310. The molecule has 1 aromatic carbocycles. The number of alkyl halides is 1. The van der Waals surface area contributed by atoms with Crippen molar-refractivity contribution in [3.63, 3.8) is 0 Å². The molecule has 2 nitrogen and oxygen atoms in total. The van der Waals surface area contributed by atoms with Gasteiger partial charge in [0.25, 0.3) is 0 Å². The van der Waals surface area contributed by atoms with Gasteiger partial charge in [-0.2, -0.15) is 0 Å². The van der Waals surface area contributed by atoms with E-state index in [0.29, 0.717) is 6.61 Å². The van der Waals surface area contributed by atoms with Crippen LogP contribution in [-0.4, -0.2) is 20.4 Å². The van der Waals surface area contributed by atoms with Crippen molar-refractivity contribution in [2.45, 2.75) is 11.8 Å². The van der Waals surface area contributed by atoms with Crippen LogP contribution in [0.4, 0.5) is 0 Å². The smallest absolute Gasteiger partial charge is 0.324 e. The Kier molecular flexibility index (Phi) is 4.20. The van der Waals surface area contributed by atoms with Crippen LogP contribution < -0.4 is 5.46 Å². The number of hydrogen-bond donors (Lipinski definition) is 0. The molecule has 74 valence electrons. The third-order valence-electron chi connectivity index (χ3n) is 1.86. The van der Waals surface area contributed by atoms with Crippen molar-refractivity contribution in [3.05, 3.63) is 29.8 Å². The maximum atomic E-state index is 11.4. The van der Waals surface area contributed by atoms with Crippen LogP contribution in [0, 0.1) is 0 Å². The average molecular weight is 255 g/mol. The number of carbonyl (C=O) groups is 1. The first-order valence-corrected chi connectivity index (χ1v) is 5.44. The molecular formula is C10H12BBrO2. The van der Waals surface area contributed by atoms with E-state index in [1.54, 1.807) is 6.92 Å². The first-order valence-electron chi connectivity index (χ1n) is 4.52. The average Bonchev–Trinajstić information content (AvgIpc) is 2.18. The van der Waals surface area contributed by atoms with E-state index in [1.807, 2.05) is 32.1 Å². The molecule has 4 heteroatoms. The summed E-state index contributed by atoms with van der Waals surface area (Å²) in [5.74, 6) is -0.239. The minimum Gasteiger partial charge on any atom is -0.465 e. The zero-order chi connectivity index (χ0) is 10.6. The van der Waals surface area contributed by atoms with Gasteiger partial charge in [0.15, 0.2) is 0 Å². The lowest BCUT2D eigenvalue weighted by atomic mass is 9.95. The molecule has 0 fully saturated rings. The molecule has 0 aromatic heterocycles. The lowest BCUT2D eigenvalue weighted by Gasteiger charge is -2.09. The molecule has 0 bridgehead atoms. The molecule has 1 unspecified atom stereocenters. The zero-order valence-electron chi connectivity index (χ0n) is 8.29. The van der Waals surface area contributed by atoms with Crippen LogP contribution in [0.5, 0.6) is 0 Å². The normalized spacial score (nSPS) is 12.1. The third kappa shape index (κ3) is 2.87. The monoisotopic (exact) mass is 254 g/mol. The first kappa shape index (κ1) is 11.3. The molecule has 0 aliphatic carbocycles. The van der Waals surface area contributed by atoms with E-state index in [1.165, 1.54) is 5.46 Å². The second-order valence-electron chi connectivity index (χ2n) is 3.03. The fourth-order valence-electron chi connectivity index (χ4n) is 1.09. The number of rotatable bonds is 3. The van der Waals surface area contributed by atoms with Crippen LogP contribution in [0.3, 0.4) is 0 Å². The van der Waals surface area contributed by atoms with Crippen molar-refractivity contribution in [1.82, 2.24) is 0 Å². The summed E-state index contributed by atoms with van der Waals surface area (Å²) < 4.78 is 4.90. The van der Waals surface area contributed by atoms with Gasteiger partial charge in [0.05, 0.1) is 6.61 Å². The number of halogens is 1. The Morgan fingerprint density at radius 1 is 1.50 bits per heavy atom. The van der Waals surface area contributed by atoms with Gasteiger partial charge in [-0.3, -0.25) is 4.79 Å². The van der Waals surface area contributed by atoms with Gasteiger partial charge in [0, 0.05) is 0 Å². The number of ether oxygens (including phenoxy) is 1. The van der Waals surface area contributed by atoms with Crippen LogP contribution >= 0.6 is 15.9 Å². The largest absolute Gasteiger partial charge is 0.465 e. The van der Waals surface area contributed by atoms with Gasteiger partial charge in [-0.05, 0) is 12.5 Å². The molecule has 0 saturated carbocycles. The summed E-state index contributed by atoms with van der Waals surface area (Å²) in [4.78, 5) is 11.0. The number of carbonyl (C=O) groups excluding carboxylic acids is 1. The fourth-order valence-corrected chi connectivity index (χ4v) is 1.52. The standard InChI is InChI=1S/C10H12BBrO2/c1-2-14-10(13)9(12)7-3-5-8(11)6-4-7/h3-6,9H,2,11H2,1H3. The Balaban J connectivity index is 2.73. The summed E-state index contributed by atoms with van der Waals surface area (Å²) in [6.07, 6.45) is 0. The van der Waals surface area contributed by atoms with Crippen molar-refractivity contribution in [3.8, 4) is 0 Å². The molecule has 0 spiro atoms. The van der Waals surface area contributed by atoms with Gasteiger partial charge in [0.2, 0.25) is 0 Å². The maximum Gasteiger partial charge on any atom is 0.324 e. The van der Waals surface area contributed by atoms with Crippen LogP contribution in [0.15, 0.2) is 24.3 Å². The van der Waals surface area contributed by atoms with Crippen LogP contribution in [0.25, 0.3) is 0 Å². The highest BCUT2D eigenvalue weighted by Gasteiger charge is 2.17. The van der Waals surface area contributed by atoms with Crippen molar-refractivity contribution in [2.75, 3.05) is 6.61 Å². The van der Waals surface area contributed by atoms with E-state index in [2.05, 4.69) is 15.9 Å². The highest BCUT2D eigenvalue weighted by molar-refractivity contribution is 9.09. The fraction of sp³-hybridized carbons (Fsp3) is 0.300. The zero-order valence-corrected chi connectivity index (χ0v) is 9.87. The summed E-state index contributed by atoms with van der Waals surface area (Å²) in [5.41, 5.74) is 2.10. The summed E-state index contributed by atoms with van der Waals surface area (Å²) in [7, 11) is 2.01. The molecule has 0 amide bonds. The molecule has 1 aromatic rings. The van der Waals surface area contributed by atoms with E-state index in [-0.39, 0.29) is 10.8 Å². The molecule has 0 saturated heterocycles. The minimum absolute atomic E-state index is 0.239. The van der Waals surface area contributed by atoms with Crippen molar-refractivity contribution >= 4 is 35.2 Å². The number of esters is 1. The minimum atomic E-state index is -0.358. The topological polar surface area (TPSA) is 26.3 Å². The van der Waals surface area contributed by atoms with Crippen molar-refractivity contribution < 1.29 is 9.53 Å². The van der Waals surface area contributed by atoms with E-state index in [0.717, 1.165) is 5.56 Å². The van der Waals surface area contributed by atoms with Gasteiger partial charge in [-0.15, -0.1) is 0 Å². The second-order valence-corrected chi connectivity index (χ2v) is 3.94. The van der Waals surface area contributed by atoms with Crippen molar-refractivity contribution in [1.29, 1.82) is 0 Å². The summed E-state index contributed by atoms with van der Waals surface area (Å²) >= 11 is 3.30. The lowest BCUT2D eigenvalue weighted by molar-refractivity contribution is -0.142. The summed E-state index contributed by atoms with van der Waals surface area (Å²) in [6.45, 7) is 2.21. The van der Waals surface area contributed by atoms with Gasteiger partial charge >= 0.3 is 5.97 Å². The van der Waals surface area contributed by atoms with Gasteiger partial charge in [-0.25, -0.2) is 0 Å². The molecular weight excluding hydrogens is 243 g/mol. The van der Waals surface area contributed by atoms with E-state index < -0.39 is 0 Å². The molecule has 1 rings (SSSR count). The highest BCUT2D eigenvalue weighted by atomic mass is 79.9. The molecule has 0 aliphatic heterocycles. The molecule has 0 aliphatic rings. The number of hydrogen-bond acceptors (Lipinski definition) is 2. The maximum absolute atomic E-state index is 11.4. The summed E-state index contributed by atoms with van der Waals surface area (Å²) in [5, 5.41) is 0. The Hall–Kier alpha value is -0.765. The molecule has 0 heterocycles. The molecule has 0 radical (unpaired) electrons. The van der Waals surface area contributed by atoms with E-state index >= 15 is 0 Å². The van der Waals surface area contributed by atoms with Gasteiger partial charge in [-0.1, -0.05) is 45.7 Å². The Labute approximate surface area is 93.2 Å². The van der Waals surface area contributed by atoms with Crippen molar-refractivity contribution in [2.24, 2.45) is 0 Å². The van der Waals surface area contributed by atoms with E-state index in [9.17, 15) is 4.79 Å². The summed E-state index contributed by atoms with van der Waals surface area (Å²) in [6, 6.07) is 7.79. The van der Waals surface area contributed by atoms with Gasteiger partial charge < -0.3 is 4.74 Å². The lowest BCUT2D eigenvalue weighted by Crippen LogP contribution is -2.11. The van der Waals surface area contributed by atoms with Crippen LogP contribution in [0.2, 0.25) is 0 Å². The second kappa shape index (κ2) is 5.20. The molecule has 1 atom stereocenters. The predicted molar refractivity (Wildman–Crippen MR) is 62.9 cm³/mol. The quantitative estimate of drug-likeness (QED) is 0.456. The molecule has 0 N–H and O–H groups in total.